The number of sulfonamides is 1. The van der Waals surface area contributed by atoms with Crippen molar-refractivity contribution in [3.8, 4) is 11.5 Å². The molecule has 2 aromatic carbocycles. The number of ether oxygens (including phenoxy) is 3. The first-order chi connectivity index (χ1) is 20.3. The van der Waals surface area contributed by atoms with Crippen LogP contribution in [0.25, 0.3) is 0 Å². The van der Waals surface area contributed by atoms with Crippen molar-refractivity contribution in [2.45, 2.75) is 88.6 Å². The molecule has 0 N–H and O–H groups in total. The van der Waals surface area contributed by atoms with Crippen LogP contribution in [0, 0.1) is 12.7 Å². The van der Waals surface area contributed by atoms with Crippen LogP contribution in [0.2, 0.25) is 5.02 Å². The molecule has 0 unspecified atom stereocenters. The molecule has 0 aliphatic carbocycles. The molecule has 3 heterocycles. The highest BCUT2D eigenvalue weighted by Gasteiger charge is 2.46. The SMILES string of the molecule is COc1ccc(CN(c2nccs2)S(=O)(=O)c2cc(Cl)c(O[C@@H]3C[C@H]4CC[C@@H](C3)N4C(=O)OC(C)(C)C)cc2F)c(C)c1. The lowest BCUT2D eigenvalue weighted by molar-refractivity contribution is -0.00710. The second kappa shape index (κ2) is 12.1. The molecular formula is C30H35ClFN3O6S2. The average Bonchev–Trinajstić information content (AvgIpc) is 3.55. The Morgan fingerprint density at radius 3 is 2.47 bits per heavy atom. The summed E-state index contributed by atoms with van der Waals surface area (Å²) in [5, 5.41) is 1.82. The van der Waals surface area contributed by atoms with Gasteiger partial charge in [0.15, 0.2) is 5.13 Å². The zero-order valence-corrected chi connectivity index (χ0v) is 27.1. The fourth-order valence-electron chi connectivity index (χ4n) is 5.65. The zero-order chi connectivity index (χ0) is 31.1. The molecule has 0 spiro atoms. The average molecular weight is 652 g/mol. The highest BCUT2D eigenvalue weighted by Crippen LogP contribution is 2.40. The van der Waals surface area contributed by atoms with Crippen LogP contribution >= 0.6 is 22.9 Å². The third kappa shape index (κ3) is 6.71. The first-order valence-electron chi connectivity index (χ1n) is 14.0. The number of rotatable bonds is 8. The number of hydrogen-bond donors (Lipinski definition) is 0. The van der Waals surface area contributed by atoms with E-state index in [1.54, 1.807) is 35.6 Å². The van der Waals surface area contributed by atoms with E-state index < -0.39 is 26.3 Å². The number of nitrogens with zero attached hydrogens (tertiary/aromatic N) is 3. The van der Waals surface area contributed by atoms with Gasteiger partial charge in [-0.15, -0.1) is 11.3 Å². The van der Waals surface area contributed by atoms with E-state index in [0.717, 1.165) is 46.2 Å². The second-order valence-corrected chi connectivity index (χ2v) is 14.9. The van der Waals surface area contributed by atoms with E-state index in [2.05, 4.69) is 4.98 Å². The molecule has 2 aliphatic heterocycles. The highest BCUT2D eigenvalue weighted by atomic mass is 35.5. The minimum absolute atomic E-state index is 0.0263. The van der Waals surface area contributed by atoms with Crippen molar-refractivity contribution >= 4 is 44.2 Å². The number of halogens is 2. The first-order valence-corrected chi connectivity index (χ1v) is 16.7. The summed E-state index contributed by atoms with van der Waals surface area (Å²) >= 11 is 7.66. The van der Waals surface area contributed by atoms with Crippen LogP contribution < -0.4 is 13.8 Å². The molecular weight excluding hydrogens is 617 g/mol. The maximum absolute atomic E-state index is 15.6. The number of aryl methyl sites for hydroxylation is 1. The van der Waals surface area contributed by atoms with E-state index in [0.29, 0.717) is 24.2 Å². The van der Waals surface area contributed by atoms with Crippen LogP contribution in [0.5, 0.6) is 11.5 Å². The number of hydrogen-bond acceptors (Lipinski definition) is 8. The number of piperidine rings is 1. The standard InChI is InChI=1S/C30H35ClFN3O6S2/c1-18-12-22(39-5)9-6-19(18)17-34(28-33-10-11-42-28)43(37,38)27-15-24(31)26(16-25(27)32)40-23-13-20-7-8-21(14-23)35(20)29(36)41-30(2,3)4/h6,9-12,15-16,20-21,23H,7-8,13-14,17H2,1-5H3/t20-,21+,23-. The van der Waals surface area contributed by atoms with Crippen LogP contribution in [-0.2, 0) is 21.3 Å². The Hall–Kier alpha value is -3.09. The molecule has 0 saturated carbocycles. The molecule has 2 aliphatic rings. The normalized spacial score (nSPS) is 20.2. The number of carbonyl (C=O) groups is 1. The summed E-state index contributed by atoms with van der Waals surface area (Å²) in [6.45, 7) is 7.27. The number of anilines is 1. The van der Waals surface area contributed by atoms with E-state index in [1.165, 1.54) is 6.20 Å². The summed E-state index contributed by atoms with van der Waals surface area (Å²) in [4.78, 5) is 18.2. The topological polar surface area (TPSA) is 98.3 Å². The fraction of sp³-hybridized carbons (Fsp3) is 0.467. The third-order valence-electron chi connectivity index (χ3n) is 7.64. The number of thiazole rings is 1. The summed E-state index contributed by atoms with van der Waals surface area (Å²) in [5.74, 6) is -0.288. The molecule has 5 rings (SSSR count). The number of methoxy groups -OCH3 is 1. The molecule has 3 atom stereocenters. The summed E-state index contributed by atoms with van der Waals surface area (Å²) in [5.41, 5.74) is 0.919. The monoisotopic (exact) mass is 651 g/mol. The minimum atomic E-state index is -4.42. The molecule has 43 heavy (non-hydrogen) atoms. The zero-order valence-electron chi connectivity index (χ0n) is 24.7. The third-order valence-corrected chi connectivity index (χ3v) is 10.6. The fourth-order valence-corrected chi connectivity index (χ4v) is 8.27. The van der Waals surface area contributed by atoms with E-state index >= 15 is 4.39 Å². The molecule has 2 bridgehead atoms. The van der Waals surface area contributed by atoms with E-state index in [1.807, 2.05) is 27.7 Å². The van der Waals surface area contributed by atoms with Crippen molar-refractivity contribution in [3.05, 3.63) is 63.9 Å². The van der Waals surface area contributed by atoms with Gasteiger partial charge >= 0.3 is 6.09 Å². The lowest BCUT2D eigenvalue weighted by Gasteiger charge is -2.39. The molecule has 3 aromatic rings. The van der Waals surface area contributed by atoms with Crippen molar-refractivity contribution < 1.29 is 31.8 Å². The lowest BCUT2D eigenvalue weighted by atomic mass is 10.00. The van der Waals surface area contributed by atoms with Gasteiger partial charge in [-0.25, -0.2) is 26.9 Å². The predicted octanol–water partition coefficient (Wildman–Crippen LogP) is 6.96. The molecule has 9 nitrogen and oxygen atoms in total. The molecule has 13 heteroatoms. The Bertz CT molecular complexity index is 1580. The Morgan fingerprint density at radius 2 is 1.88 bits per heavy atom. The van der Waals surface area contributed by atoms with Gasteiger partial charge in [0.2, 0.25) is 0 Å². The van der Waals surface area contributed by atoms with Crippen molar-refractivity contribution in [2.75, 3.05) is 11.4 Å². The van der Waals surface area contributed by atoms with Crippen LogP contribution in [0.15, 0.2) is 46.8 Å². The Kier molecular flexibility index (Phi) is 8.84. The first kappa shape index (κ1) is 31.3. The van der Waals surface area contributed by atoms with Gasteiger partial charge in [0.1, 0.15) is 33.9 Å². The lowest BCUT2D eigenvalue weighted by Crippen LogP contribution is -2.50. The van der Waals surface area contributed by atoms with Crippen LogP contribution in [0.1, 0.15) is 57.6 Å². The molecule has 0 radical (unpaired) electrons. The van der Waals surface area contributed by atoms with Gasteiger partial charge < -0.3 is 19.1 Å². The molecule has 1 aromatic heterocycles. The van der Waals surface area contributed by atoms with Crippen molar-refractivity contribution in [1.29, 1.82) is 0 Å². The van der Waals surface area contributed by atoms with Gasteiger partial charge in [-0.1, -0.05) is 17.7 Å². The van der Waals surface area contributed by atoms with Gasteiger partial charge in [-0.2, -0.15) is 0 Å². The maximum Gasteiger partial charge on any atom is 0.410 e. The summed E-state index contributed by atoms with van der Waals surface area (Å²) < 4.78 is 61.5. The summed E-state index contributed by atoms with van der Waals surface area (Å²) in [6, 6.07) is 7.30. The molecule has 2 saturated heterocycles. The highest BCUT2D eigenvalue weighted by molar-refractivity contribution is 7.93. The predicted molar refractivity (Wildman–Crippen MR) is 163 cm³/mol. The van der Waals surface area contributed by atoms with Crippen molar-refractivity contribution in [3.63, 3.8) is 0 Å². The number of carbonyl (C=O) groups excluding carboxylic acids is 1. The van der Waals surface area contributed by atoms with Crippen molar-refractivity contribution in [1.82, 2.24) is 9.88 Å². The minimum Gasteiger partial charge on any atom is -0.497 e. The largest absolute Gasteiger partial charge is 0.497 e. The molecule has 2 fully saturated rings. The van der Waals surface area contributed by atoms with E-state index in [4.69, 9.17) is 25.8 Å². The van der Waals surface area contributed by atoms with Gasteiger partial charge in [0.05, 0.1) is 18.7 Å². The molecule has 232 valence electrons. The second-order valence-electron chi connectivity index (χ2n) is 11.8. The van der Waals surface area contributed by atoms with Crippen molar-refractivity contribution in [2.24, 2.45) is 0 Å². The van der Waals surface area contributed by atoms with Crippen LogP contribution in [0.3, 0.4) is 0 Å². The van der Waals surface area contributed by atoms with Crippen LogP contribution in [-0.4, -0.2) is 55.3 Å². The van der Waals surface area contributed by atoms with E-state index in [9.17, 15) is 13.2 Å². The quantitative estimate of drug-likeness (QED) is 0.260. The Balaban J connectivity index is 1.37. The van der Waals surface area contributed by atoms with Crippen LogP contribution in [0.4, 0.5) is 14.3 Å². The Morgan fingerprint density at radius 1 is 1.19 bits per heavy atom. The Labute approximate surface area is 260 Å². The van der Waals surface area contributed by atoms with Gasteiger partial charge in [-0.3, -0.25) is 0 Å². The number of amides is 1. The number of benzene rings is 2. The van der Waals surface area contributed by atoms with E-state index in [-0.39, 0.29) is 46.7 Å². The molecule has 1 amide bonds. The number of fused-ring (bicyclic) bond motifs is 2. The van der Waals surface area contributed by atoms with Gasteiger partial charge in [-0.05, 0) is 69.9 Å². The summed E-state index contributed by atoms with van der Waals surface area (Å²) in [7, 11) is -2.87. The number of aromatic nitrogens is 1. The summed E-state index contributed by atoms with van der Waals surface area (Å²) in [6.07, 6.45) is 3.55. The van der Waals surface area contributed by atoms with Gasteiger partial charge in [0.25, 0.3) is 10.0 Å². The smallest absolute Gasteiger partial charge is 0.410 e. The van der Waals surface area contributed by atoms with Gasteiger partial charge in [0, 0.05) is 42.6 Å². The maximum atomic E-state index is 15.6.